The maximum atomic E-state index is 12.3. The number of hydrogen-bond donors (Lipinski definition) is 0. The Bertz CT molecular complexity index is 707. The average molecular weight is 311 g/mol. The zero-order chi connectivity index (χ0) is 15.3. The number of ether oxygens (including phenoxy) is 1. The van der Waals surface area contributed by atoms with Crippen molar-refractivity contribution in [1.82, 2.24) is 4.90 Å². The predicted octanol–water partition coefficient (Wildman–Crippen LogP) is 3.89. The van der Waals surface area contributed by atoms with E-state index in [1.165, 1.54) is 25.0 Å². The van der Waals surface area contributed by atoms with Gasteiger partial charge in [0.25, 0.3) is 0 Å². The van der Waals surface area contributed by atoms with Crippen molar-refractivity contribution in [2.24, 2.45) is 0 Å². The fraction of sp³-hybridized carbons (Fsp3) is 0.500. The number of furan rings is 1. The van der Waals surface area contributed by atoms with Crippen LogP contribution >= 0.6 is 0 Å². The van der Waals surface area contributed by atoms with E-state index in [1.54, 1.807) is 6.07 Å². The van der Waals surface area contributed by atoms with Crippen molar-refractivity contribution in [1.29, 1.82) is 0 Å². The van der Waals surface area contributed by atoms with Gasteiger partial charge in [0.15, 0.2) is 0 Å². The highest BCUT2D eigenvalue weighted by atomic mass is 19.4. The van der Waals surface area contributed by atoms with Crippen molar-refractivity contribution in [3.63, 3.8) is 0 Å². The first-order chi connectivity index (χ1) is 10.5. The Balaban J connectivity index is 1.70. The van der Waals surface area contributed by atoms with Crippen LogP contribution in [0.5, 0.6) is 5.75 Å². The molecule has 3 heterocycles. The molecule has 4 rings (SSSR count). The number of fused-ring (bicyclic) bond motifs is 4. The molecule has 1 fully saturated rings. The molecule has 1 aromatic heterocycles. The van der Waals surface area contributed by atoms with E-state index < -0.39 is 6.36 Å². The fourth-order valence-electron chi connectivity index (χ4n) is 3.71. The molecule has 2 aromatic rings. The molecule has 2 aliphatic heterocycles. The summed E-state index contributed by atoms with van der Waals surface area (Å²) < 4.78 is 46.8. The molecular weight excluding hydrogens is 295 g/mol. The second-order valence-corrected chi connectivity index (χ2v) is 6.00. The second-order valence-electron chi connectivity index (χ2n) is 6.00. The molecule has 1 atom stereocenters. The summed E-state index contributed by atoms with van der Waals surface area (Å²) in [4.78, 5) is 2.49. The Morgan fingerprint density at radius 3 is 2.91 bits per heavy atom. The molecule has 1 unspecified atom stereocenters. The van der Waals surface area contributed by atoms with E-state index in [-0.39, 0.29) is 5.75 Å². The molecule has 0 N–H and O–H groups in total. The van der Waals surface area contributed by atoms with Gasteiger partial charge in [0, 0.05) is 36.0 Å². The van der Waals surface area contributed by atoms with E-state index >= 15 is 0 Å². The van der Waals surface area contributed by atoms with E-state index in [0.717, 1.165) is 42.6 Å². The number of halogens is 3. The van der Waals surface area contributed by atoms with Crippen molar-refractivity contribution >= 4 is 11.0 Å². The van der Waals surface area contributed by atoms with Gasteiger partial charge in [-0.15, -0.1) is 13.2 Å². The van der Waals surface area contributed by atoms with Gasteiger partial charge in [0.05, 0.1) is 0 Å². The molecule has 1 saturated heterocycles. The third kappa shape index (κ3) is 2.45. The van der Waals surface area contributed by atoms with E-state index in [0.29, 0.717) is 11.6 Å². The lowest BCUT2D eigenvalue weighted by Gasteiger charge is -2.20. The lowest BCUT2D eigenvalue weighted by molar-refractivity contribution is -0.274. The van der Waals surface area contributed by atoms with E-state index in [1.807, 2.05) is 0 Å². The molecule has 0 saturated carbocycles. The third-order valence-electron chi connectivity index (χ3n) is 4.65. The number of alkyl halides is 3. The van der Waals surface area contributed by atoms with Crippen molar-refractivity contribution in [3.05, 3.63) is 29.5 Å². The normalized spacial score (nSPS) is 22.4. The molecule has 1 aromatic carbocycles. The first-order valence-corrected chi connectivity index (χ1v) is 7.54. The minimum absolute atomic E-state index is 0.230. The van der Waals surface area contributed by atoms with Crippen LogP contribution in [0.2, 0.25) is 0 Å². The maximum absolute atomic E-state index is 12.3. The number of nitrogens with zero attached hydrogens (tertiary/aromatic N) is 1. The van der Waals surface area contributed by atoms with Crippen LogP contribution in [-0.4, -0.2) is 30.4 Å². The van der Waals surface area contributed by atoms with E-state index in [9.17, 15) is 13.2 Å². The van der Waals surface area contributed by atoms with Crippen LogP contribution in [0.15, 0.2) is 22.6 Å². The summed E-state index contributed by atoms with van der Waals surface area (Å²) in [6, 6.07) is 4.88. The third-order valence-corrected chi connectivity index (χ3v) is 4.65. The van der Waals surface area contributed by atoms with Crippen molar-refractivity contribution < 1.29 is 22.3 Å². The monoisotopic (exact) mass is 311 g/mol. The molecule has 0 bridgehead atoms. The van der Waals surface area contributed by atoms with Crippen molar-refractivity contribution in [2.45, 2.75) is 38.1 Å². The summed E-state index contributed by atoms with van der Waals surface area (Å²) in [6.45, 7) is 2.13. The second kappa shape index (κ2) is 4.91. The Hall–Kier alpha value is -1.69. The van der Waals surface area contributed by atoms with Crippen LogP contribution in [0.25, 0.3) is 11.0 Å². The quantitative estimate of drug-likeness (QED) is 0.799. The summed E-state index contributed by atoms with van der Waals surface area (Å²) in [5.74, 6) is 0.694. The SMILES string of the molecule is FC(F)(F)Oc1ccc2c3c(oc2c1)CC1CCCN1CC3. The lowest BCUT2D eigenvalue weighted by atomic mass is 10.0. The molecule has 0 spiro atoms. The van der Waals surface area contributed by atoms with Gasteiger partial charge in [-0.25, -0.2) is 0 Å². The molecule has 3 nitrogen and oxygen atoms in total. The highest BCUT2D eigenvalue weighted by molar-refractivity contribution is 5.83. The Morgan fingerprint density at radius 1 is 1.23 bits per heavy atom. The number of rotatable bonds is 1. The molecule has 118 valence electrons. The Morgan fingerprint density at radius 2 is 2.09 bits per heavy atom. The average Bonchev–Trinajstić information content (AvgIpc) is 2.96. The van der Waals surface area contributed by atoms with E-state index in [4.69, 9.17) is 4.42 Å². The van der Waals surface area contributed by atoms with Gasteiger partial charge in [0.2, 0.25) is 0 Å². The van der Waals surface area contributed by atoms with Crippen molar-refractivity contribution in [3.8, 4) is 5.75 Å². The minimum Gasteiger partial charge on any atom is -0.461 e. The summed E-state index contributed by atoms with van der Waals surface area (Å²) in [7, 11) is 0. The van der Waals surface area contributed by atoms with Crippen LogP contribution in [0, 0.1) is 0 Å². The zero-order valence-electron chi connectivity index (χ0n) is 11.9. The number of benzene rings is 1. The van der Waals surface area contributed by atoms with Crippen LogP contribution in [-0.2, 0) is 12.8 Å². The summed E-state index contributed by atoms with van der Waals surface area (Å²) in [5, 5.41) is 0.908. The first kappa shape index (κ1) is 13.9. The highest BCUT2D eigenvalue weighted by Gasteiger charge is 2.33. The van der Waals surface area contributed by atoms with Gasteiger partial charge in [-0.1, -0.05) is 0 Å². The van der Waals surface area contributed by atoms with Gasteiger partial charge in [0.1, 0.15) is 17.1 Å². The molecule has 2 aliphatic rings. The molecule has 6 heteroatoms. The van der Waals surface area contributed by atoms with E-state index in [2.05, 4.69) is 9.64 Å². The molecule has 0 amide bonds. The Labute approximate surface area is 125 Å². The van der Waals surface area contributed by atoms with Crippen LogP contribution in [0.1, 0.15) is 24.2 Å². The lowest BCUT2D eigenvalue weighted by Crippen LogP contribution is -2.30. The maximum Gasteiger partial charge on any atom is 0.573 e. The van der Waals surface area contributed by atoms with Gasteiger partial charge in [-0.3, -0.25) is 4.90 Å². The van der Waals surface area contributed by atoms with Gasteiger partial charge >= 0.3 is 6.36 Å². The van der Waals surface area contributed by atoms with Crippen molar-refractivity contribution in [2.75, 3.05) is 13.1 Å². The van der Waals surface area contributed by atoms with Crippen LogP contribution < -0.4 is 4.74 Å². The summed E-state index contributed by atoms with van der Waals surface area (Å²) in [5.41, 5.74) is 1.63. The zero-order valence-corrected chi connectivity index (χ0v) is 11.9. The molecular formula is C16H16F3NO2. The molecule has 0 radical (unpaired) electrons. The van der Waals surface area contributed by atoms with Crippen LogP contribution in [0.3, 0.4) is 0 Å². The van der Waals surface area contributed by atoms with Gasteiger partial charge in [-0.05, 0) is 37.9 Å². The smallest absolute Gasteiger partial charge is 0.461 e. The van der Waals surface area contributed by atoms with Crippen LogP contribution in [0.4, 0.5) is 13.2 Å². The van der Waals surface area contributed by atoms with Gasteiger partial charge in [-0.2, -0.15) is 0 Å². The predicted molar refractivity (Wildman–Crippen MR) is 74.9 cm³/mol. The first-order valence-electron chi connectivity index (χ1n) is 7.54. The summed E-state index contributed by atoms with van der Waals surface area (Å²) in [6.07, 6.45) is -0.567. The fourth-order valence-corrected chi connectivity index (χ4v) is 3.71. The minimum atomic E-state index is -4.68. The largest absolute Gasteiger partial charge is 0.573 e. The number of hydrogen-bond acceptors (Lipinski definition) is 3. The Kier molecular flexibility index (Phi) is 3.11. The standard InChI is InChI=1S/C16H16F3NO2/c17-16(18,19)22-11-3-4-12-13-5-7-20-6-1-2-10(20)8-14(13)21-15(12)9-11/h3-4,9-10H,1-2,5-8H2. The molecule has 0 aliphatic carbocycles. The highest BCUT2D eigenvalue weighted by Crippen LogP contribution is 2.35. The summed E-state index contributed by atoms with van der Waals surface area (Å²) >= 11 is 0. The van der Waals surface area contributed by atoms with Gasteiger partial charge < -0.3 is 9.15 Å². The topological polar surface area (TPSA) is 25.6 Å². The molecule has 22 heavy (non-hydrogen) atoms.